The Morgan fingerprint density at radius 2 is 2.17 bits per heavy atom. The molecule has 1 N–H and O–H groups in total. The smallest absolute Gasteiger partial charge is 0.356 e. The lowest BCUT2D eigenvalue weighted by atomic mass is 10.2. The maximum Gasteiger partial charge on any atom is 0.356 e. The van der Waals surface area contributed by atoms with E-state index in [-0.39, 0.29) is 0 Å². The molecule has 5 heteroatoms. The van der Waals surface area contributed by atoms with E-state index in [0.29, 0.717) is 18.1 Å². The molecule has 1 aromatic carbocycles. The summed E-state index contributed by atoms with van der Waals surface area (Å²) in [6, 6.07) is 7.51. The highest BCUT2D eigenvalue weighted by molar-refractivity contribution is 5.87. The number of rotatable bonds is 4. The van der Waals surface area contributed by atoms with Crippen molar-refractivity contribution in [3.05, 3.63) is 36.2 Å². The average Bonchev–Trinajstić information content (AvgIpc) is 2.88. The maximum atomic E-state index is 11.3. The second kappa shape index (κ2) is 5.35. The van der Waals surface area contributed by atoms with E-state index < -0.39 is 5.97 Å². The van der Waals surface area contributed by atoms with Gasteiger partial charge in [0.2, 0.25) is 0 Å². The molecule has 1 heterocycles. The van der Waals surface area contributed by atoms with Gasteiger partial charge in [-0.05, 0) is 19.1 Å². The summed E-state index contributed by atoms with van der Waals surface area (Å²) in [4.78, 5) is 18.4. The van der Waals surface area contributed by atoms with E-state index in [4.69, 9.17) is 4.74 Å². The van der Waals surface area contributed by atoms with Crippen molar-refractivity contribution in [1.82, 2.24) is 9.97 Å². The number of nitrogens with one attached hydrogen (secondary N) is 1. The van der Waals surface area contributed by atoms with Gasteiger partial charge in [-0.3, -0.25) is 0 Å². The molecule has 1 aromatic heterocycles. The Balaban J connectivity index is 2.36. The average molecular weight is 246 g/mol. The minimum absolute atomic E-state index is 0.318. The molecule has 94 valence electrons. The summed E-state index contributed by atoms with van der Waals surface area (Å²) in [5.74, 6) is 0.868. The highest BCUT2D eigenvalue weighted by atomic mass is 16.5. The number of hydrogen-bond acceptors (Lipinski definition) is 4. The van der Waals surface area contributed by atoms with Gasteiger partial charge in [-0.25, -0.2) is 9.78 Å². The predicted molar refractivity (Wildman–Crippen MR) is 66.5 cm³/mol. The van der Waals surface area contributed by atoms with Gasteiger partial charge in [0.05, 0.1) is 25.5 Å². The second-order valence-electron chi connectivity index (χ2n) is 3.57. The van der Waals surface area contributed by atoms with Crippen LogP contribution in [-0.4, -0.2) is 29.7 Å². The number of aromatic nitrogens is 2. The van der Waals surface area contributed by atoms with Crippen molar-refractivity contribution in [3.8, 4) is 17.1 Å². The quantitative estimate of drug-likeness (QED) is 0.840. The van der Waals surface area contributed by atoms with Gasteiger partial charge in [0.25, 0.3) is 0 Å². The number of nitrogens with zero attached hydrogens (tertiary/aromatic N) is 1. The number of imidazole rings is 1. The number of carbonyl (C=O) groups is 1. The van der Waals surface area contributed by atoms with Crippen LogP contribution in [0.1, 0.15) is 17.4 Å². The van der Waals surface area contributed by atoms with Crippen molar-refractivity contribution in [2.75, 3.05) is 13.7 Å². The van der Waals surface area contributed by atoms with Crippen LogP contribution in [0.4, 0.5) is 0 Å². The Kier molecular flexibility index (Phi) is 3.62. The number of esters is 1. The number of carbonyl (C=O) groups excluding carboxylic acids is 1. The molecule has 0 saturated heterocycles. The first kappa shape index (κ1) is 12.2. The number of aromatic amines is 1. The van der Waals surface area contributed by atoms with Crippen LogP contribution >= 0.6 is 0 Å². The summed E-state index contributed by atoms with van der Waals surface area (Å²) < 4.78 is 10.1. The highest BCUT2D eigenvalue weighted by Crippen LogP contribution is 2.27. The fourth-order valence-electron chi connectivity index (χ4n) is 1.62. The van der Waals surface area contributed by atoms with Gasteiger partial charge in [0.1, 0.15) is 17.3 Å². The van der Waals surface area contributed by atoms with E-state index in [9.17, 15) is 4.79 Å². The summed E-state index contributed by atoms with van der Waals surface area (Å²) in [6.07, 6.45) is 1.45. The molecule has 0 fully saturated rings. The lowest BCUT2D eigenvalue weighted by Crippen LogP contribution is -2.01. The molecular weight excluding hydrogens is 232 g/mol. The zero-order chi connectivity index (χ0) is 13.0. The Hall–Kier alpha value is -2.30. The van der Waals surface area contributed by atoms with Gasteiger partial charge < -0.3 is 14.5 Å². The molecule has 18 heavy (non-hydrogen) atoms. The van der Waals surface area contributed by atoms with Crippen molar-refractivity contribution in [3.63, 3.8) is 0 Å². The minimum Gasteiger partial charge on any atom is -0.493 e. The molecular formula is C13H14N2O3. The molecule has 0 bridgehead atoms. The number of ether oxygens (including phenoxy) is 2. The molecule has 0 aliphatic carbocycles. The van der Waals surface area contributed by atoms with E-state index >= 15 is 0 Å². The first-order valence-corrected chi connectivity index (χ1v) is 5.61. The van der Waals surface area contributed by atoms with E-state index in [1.165, 1.54) is 13.3 Å². The lowest BCUT2D eigenvalue weighted by molar-refractivity contribution is 0.0595. The van der Waals surface area contributed by atoms with Crippen molar-refractivity contribution in [2.45, 2.75) is 6.92 Å². The second-order valence-corrected chi connectivity index (χ2v) is 3.57. The van der Waals surface area contributed by atoms with Crippen molar-refractivity contribution in [2.24, 2.45) is 0 Å². The largest absolute Gasteiger partial charge is 0.493 e. The summed E-state index contributed by atoms with van der Waals surface area (Å²) in [5.41, 5.74) is 1.13. The van der Waals surface area contributed by atoms with Gasteiger partial charge in [-0.1, -0.05) is 12.1 Å². The Morgan fingerprint density at radius 3 is 2.89 bits per heavy atom. The summed E-state index contributed by atoms with van der Waals surface area (Å²) >= 11 is 0. The van der Waals surface area contributed by atoms with Gasteiger partial charge in [-0.2, -0.15) is 0 Å². The first-order chi connectivity index (χ1) is 8.76. The van der Waals surface area contributed by atoms with E-state index in [1.54, 1.807) is 0 Å². The third kappa shape index (κ3) is 2.34. The molecule has 0 saturated carbocycles. The van der Waals surface area contributed by atoms with Crippen LogP contribution in [-0.2, 0) is 4.74 Å². The first-order valence-electron chi connectivity index (χ1n) is 5.61. The van der Waals surface area contributed by atoms with Crippen molar-refractivity contribution >= 4 is 5.97 Å². The molecule has 2 aromatic rings. The number of methoxy groups -OCH3 is 1. The highest BCUT2D eigenvalue weighted by Gasteiger charge is 2.13. The van der Waals surface area contributed by atoms with Crippen LogP contribution in [0.25, 0.3) is 11.4 Å². The topological polar surface area (TPSA) is 64.2 Å². The molecule has 0 aliphatic heterocycles. The normalized spacial score (nSPS) is 10.1. The molecule has 0 amide bonds. The molecule has 0 spiro atoms. The van der Waals surface area contributed by atoms with Gasteiger partial charge >= 0.3 is 5.97 Å². The molecule has 0 unspecified atom stereocenters. The monoisotopic (exact) mass is 246 g/mol. The lowest BCUT2D eigenvalue weighted by Gasteiger charge is -2.07. The zero-order valence-corrected chi connectivity index (χ0v) is 10.3. The van der Waals surface area contributed by atoms with E-state index in [2.05, 4.69) is 14.7 Å². The summed E-state index contributed by atoms with van der Waals surface area (Å²) in [6.45, 7) is 2.49. The van der Waals surface area contributed by atoms with Crippen molar-refractivity contribution in [1.29, 1.82) is 0 Å². The van der Waals surface area contributed by atoms with Crippen LogP contribution in [0, 0.1) is 0 Å². The summed E-state index contributed by atoms with van der Waals surface area (Å²) in [7, 11) is 1.33. The van der Waals surface area contributed by atoms with Gasteiger partial charge in [-0.15, -0.1) is 0 Å². The van der Waals surface area contributed by atoms with Crippen LogP contribution < -0.4 is 4.74 Å². The fraction of sp³-hybridized carbons (Fsp3) is 0.231. The van der Waals surface area contributed by atoms with Gasteiger partial charge in [0.15, 0.2) is 0 Å². The van der Waals surface area contributed by atoms with Gasteiger partial charge in [0, 0.05) is 0 Å². The van der Waals surface area contributed by atoms with Crippen LogP contribution in [0.2, 0.25) is 0 Å². The molecule has 0 aliphatic rings. The number of hydrogen-bond donors (Lipinski definition) is 1. The minimum atomic E-state index is -0.442. The standard InChI is InChI=1S/C13H14N2O3/c1-3-18-11-7-5-4-6-9(11)12-14-8-10(15-12)13(16)17-2/h4-8H,3H2,1-2H3,(H,14,15). The molecule has 5 nitrogen and oxygen atoms in total. The fourth-order valence-corrected chi connectivity index (χ4v) is 1.62. The van der Waals surface area contributed by atoms with E-state index in [0.717, 1.165) is 11.3 Å². The Bertz CT molecular complexity index is 549. The Morgan fingerprint density at radius 1 is 1.39 bits per heavy atom. The van der Waals surface area contributed by atoms with Crippen molar-refractivity contribution < 1.29 is 14.3 Å². The molecule has 0 radical (unpaired) electrons. The Labute approximate surface area is 105 Å². The SMILES string of the molecule is CCOc1ccccc1-c1ncc(C(=O)OC)[nH]1. The predicted octanol–water partition coefficient (Wildman–Crippen LogP) is 2.26. The third-order valence-corrected chi connectivity index (χ3v) is 2.42. The number of para-hydroxylation sites is 1. The number of H-pyrrole nitrogens is 1. The number of benzene rings is 1. The zero-order valence-electron chi connectivity index (χ0n) is 10.3. The molecule has 0 atom stereocenters. The maximum absolute atomic E-state index is 11.3. The van der Waals surface area contributed by atoms with Crippen LogP contribution in [0.3, 0.4) is 0 Å². The van der Waals surface area contributed by atoms with Crippen LogP contribution in [0.5, 0.6) is 5.75 Å². The molecule has 2 rings (SSSR count). The summed E-state index contributed by atoms with van der Waals surface area (Å²) in [5, 5.41) is 0. The van der Waals surface area contributed by atoms with E-state index in [1.807, 2.05) is 31.2 Å². The van der Waals surface area contributed by atoms with Crippen LogP contribution in [0.15, 0.2) is 30.5 Å². The third-order valence-electron chi connectivity index (χ3n) is 2.42.